The maximum atomic E-state index is 13.6. The van der Waals surface area contributed by atoms with Gasteiger partial charge in [0.25, 0.3) is 10.0 Å². The number of nitrogens with zero attached hydrogens (tertiary/aromatic N) is 3. The van der Waals surface area contributed by atoms with E-state index in [0.29, 0.717) is 22.2 Å². The number of benzene rings is 2. The number of methoxy groups -OCH3 is 1. The molecule has 0 radical (unpaired) electrons. The normalized spacial score (nSPS) is 14.3. The quantitative estimate of drug-likeness (QED) is 0.354. The van der Waals surface area contributed by atoms with Gasteiger partial charge >= 0.3 is 0 Å². The van der Waals surface area contributed by atoms with Gasteiger partial charge in [0.2, 0.25) is 0 Å². The number of ether oxygens (including phenoxy) is 1. The fraction of sp³-hybridized carbons (Fsp3) is 0.269. The van der Waals surface area contributed by atoms with Crippen molar-refractivity contribution in [2.24, 2.45) is 0 Å². The zero-order valence-corrected chi connectivity index (χ0v) is 20.9. The Morgan fingerprint density at radius 1 is 1.14 bits per heavy atom. The molecule has 5 rings (SSSR count). The SMILES string of the molecule is COc1cc(C)ccc1S(=O)(=O)Nc1cccc(C(=O)c2cn(C3CCCC3)c3ncnc(N)c23)c1. The summed E-state index contributed by atoms with van der Waals surface area (Å²) in [5.74, 6) is 0.195. The zero-order valence-electron chi connectivity index (χ0n) is 20.1. The number of hydrogen-bond acceptors (Lipinski definition) is 7. The number of carbonyl (C=O) groups is 1. The number of nitrogens with two attached hydrogens (primary N) is 1. The lowest BCUT2D eigenvalue weighted by atomic mass is 10.0. The van der Waals surface area contributed by atoms with Gasteiger partial charge in [-0.15, -0.1) is 0 Å². The Balaban J connectivity index is 1.51. The average molecular weight is 506 g/mol. The van der Waals surface area contributed by atoms with Crippen molar-refractivity contribution in [3.63, 3.8) is 0 Å². The maximum absolute atomic E-state index is 13.6. The maximum Gasteiger partial charge on any atom is 0.265 e. The van der Waals surface area contributed by atoms with Crippen LogP contribution in [0.25, 0.3) is 11.0 Å². The topological polar surface area (TPSA) is 129 Å². The molecule has 186 valence electrons. The molecule has 36 heavy (non-hydrogen) atoms. The number of anilines is 2. The summed E-state index contributed by atoms with van der Waals surface area (Å²) in [6.45, 7) is 1.85. The van der Waals surface area contributed by atoms with Crippen LogP contribution in [-0.4, -0.2) is 35.8 Å². The minimum Gasteiger partial charge on any atom is -0.495 e. The predicted octanol–water partition coefficient (Wildman–Crippen LogP) is 4.48. The molecule has 0 spiro atoms. The molecule has 0 amide bonds. The highest BCUT2D eigenvalue weighted by atomic mass is 32.2. The third kappa shape index (κ3) is 4.28. The molecule has 1 aliphatic carbocycles. The summed E-state index contributed by atoms with van der Waals surface area (Å²) < 4.78 is 36.1. The van der Waals surface area contributed by atoms with Crippen molar-refractivity contribution in [2.75, 3.05) is 17.6 Å². The molecule has 0 saturated heterocycles. The van der Waals surface area contributed by atoms with E-state index in [1.807, 2.05) is 17.7 Å². The molecule has 9 nitrogen and oxygen atoms in total. The third-order valence-corrected chi connectivity index (χ3v) is 8.01. The van der Waals surface area contributed by atoms with E-state index < -0.39 is 10.0 Å². The Hall–Kier alpha value is -3.92. The van der Waals surface area contributed by atoms with Gasteiger partial charge in [-0.1, -0.05) is 31.0 Å². The Morgan fingerprint density at radius 3 is 2.67 bits per heavy atom. The average Bonchev–Trinajstić information content (AvgIpc) is 3.52. The second-order valence-electron chi connectivity index (χ2n) is 9.02. The van der Waals surface area contributed by atoms with Crippen molar-refractivity contribution in [3.05, 3.63) is 71.7 Å². The van der Waals surface area contributed by atoms with Crippen molar-refractivity contribution in [2.45, 2.75) is 43.5 Å². The van der Waals surface area contributed by atoms with Crippen molar-refractivity contribution >= 4 is 38.3 Å². The summed E-state index contributed by atoms with van der Waals surface area (Å²) >= 11 is 0. The molecule has 0 atom stereocenters. The van der Waals surface area contributed by atoms with Crippen LogP contribution in [0.5, 0.6) is 5.75 Å². The van der Waals surface area contributed by atoms with Crippen LogP contribution in [0.15, 0.2) is 59.9 Å². The fourth-order valence-electron chi connectivity index (χ4n) is 4.83. The summed E-state index contributed by atoms with van der Waals surface area (Å²) in [5.41, 5.74) is 8.67. The lowest BCUT2D eigenvalue weighted by molar-refractivity contribution is 0.104. The second-order valence-corrected chi connectivity index (χ2v) is 10.7. The van der Waals surface area contributed by atoms with Gasteiger partial charge in [0.15, 0.2) is 5.78 Å². The number of aryl methyl sites for hydroxylation is 1. The number of ketones is 1. The van der Waals surface area contributed by atoms with Crippen LogP contribution in [0.2, 0.25) is 0 Å². The minimum absolute atomic E-state index is 0.0110. The van der Waals surface area contributed by atoms with Crippen LogP contribution < -0.4 is 15.2 Å². The van der Waals surface area contributed by atoms with Gasteiger partial charge in [0.05, 0.1) is 18.1 Å². The molecule has 1 aliphatic rings. The lowest BCUT2D eigenvalue weighted by Gasteiger charge is -2.13. The lowest BCUT2D eigenvalue weighted by Crippen LogP contribution is -2.14. The van der Waals surface area contributed by atoms with Crippen LogP contribution in [0.3, 0.4) is 0 Å². The second kappa shape index (κ2) is 9.27. The number of fused-ring (bicyclic) bond motifs is 1. The van der Waals surface area contributed by atoms with E-state index in [-0.39, 0.29) is 34.0 Å². The number of sulfonamides is 1. The van der Waals surface area contributed by atoms with E-state index in [1.54, 1.807) is 30.3 Å². The van der Waals surface area contributed by atoms with Crippen molar-refractivity contribution < 1.29 is 17.9 Å². The van der Waals surface area contributed by atoms with Gasteiger partial charge in [-0.25, -0.2) is 18.4 Å². The molecular formula is C26H27N5O4S. The monoisotopic (exact) mass is 505 g/mol. The minimum atomic E-state index is -3.96. The Bertz CT molecular complexity index is 1570. The van der Waals surface area contributed by atoms with E-state index >= 15 is 0 Å². The van der Waals surface area contributed by atoms with Gasteiger partial charge in [-0.2, -0.15) is 0 Å². The van der Waals surface area contributed by atoms with E-state index in [2.05, 4.69) is 14.7 Å². The van der Waals surface area contributed by atoms with Gasteiger partial charge in [-0.3, -0.25) is 9.52 Å². The Morgan fingerprint density at radius 2 is 1.92 bits per heavy atom. The van der Waals surface area contributed by atoms with E-state index in [9.17, 15) is 13.2 Å². The Labute approximate surface area is 209 Å². The van der Waals surface area contributed by atoms with Crippen LogP contribution in [0.4, 0.5) is 11.5 Å². The number of nitrogen functional groups attached to an aromatic ring is 1. The van der Waals surface area contributed by atoms with Gasteiger partial charge in [0, 0.05) is 23.5 Å². The van der Waals surface area contributed by atoms with Crippen molar-refractivity contribution in [1.82, 2.24) is 14.5 Å². The standard InChI is InChI=1S/C26H27N5O4S/c1-16-10-11-22(21(12-16)35-2)36(33,34)30-18-7-5-6-17(13-18)24(32)20-14-31(19-8-3-4-9-19)26-23(20)25(27)28-15-29-26/h5-7,10-15,19,30H,3-4,8-9H2,1-2H3,(H2,27,28,29). The molecular weight excluding hydrogens is 478 g/mol. The first-order chi connectivity index (χ1) is 17.3. The van der Waals surface area contributed by atoms with Crippen LogP contribution in [0, 0.1) is 6.92 Å². The van der Waals surface area contributed by atoms with E-state index in [0.717, 1.165) is 31.2 Å². The van der Waals surface area contributed by atoms with Gasteiger partial charge < -0.3 is 15.0 Å². The first-order valence-corrected chi connectivity index (χ1v) is 13.2. The molecule has 1 saturated carbocycles. The molecule has 3 N–H and O–H groups in total. The van der Waals surface area contributed by atoms with Crippen molar-refractivity contribution in [1.29, 1.82) is 0 Å². The highest BCUT2D eigenvalue weighted by Gasteiger charge is 2.26. The fourth-order valence-corrected chi connectivity index (χ4v) is 6.03. The molecule has 2 aromatic heterocycles. The smallest absolute Gasteiger partial charge is 0.265 e. The highest BCUT2D eigenvalue weighted by Crippen LogP contribution is 2.36. The Kier molecular flexibility index (Phi) is 6.13. The molecule has 1 fully saturated rings. The number of rotatable bonds is 7. The zero-order chi connectivity index (χ0) is 25.4. The number of carbonyl (C=O) groups excluding carboxylic acids is 1. The van der Waals surface area contributed by atoms with E-state index in [1.165, 1.54) is 25.6 Å². The molecule has 4 aromatic rings. The van der Waals surface area contributed by atoms with E-state index in [4.69, 9.17) is 10.5 Å². The largest absolute Gasteiger partial charge is 0.495 e. The highest BCUT2D eigenvalue weighted by molar-refractivity contribution is 7.92. The summed E-state index contributed by atoms with van der Waals surface area (Å²) in [6, 6.07) is 11.5. The summed E-state index contributed by atoms with van der Waals surface area (Å²) in [6.07, 6.45) is 7.50. The molecule has 10 heteroatoms. The molecule has 2 aromatic carbocycles. The van der Waals surface area contributed by atoms with Gasteiger partial charge in [0.1, 0.15) is 28.4 Å². The number of hydrogen-bond donors (Lipinski definition) is 2. The first-order valence-electron chi connectivity index (χ1n) is 11.7. The number of aromatic nitrogens is 3. The van der Waals surface area contributed by atoms with Crippen LogP contribution in [0.1, 0.15) is 53.2 Å². The van der Waals surface area contributed by atoms with Gasteiger partial charge in [-0.05, 0) is 49.6 Å². The van der Waals surface area contributed by atoms with Crippen molar-refractivity contribution in [3.8, 4) is 5.75 Å². The molecule has 2 heterocycles. The molecule has 0 aliphatic heterocycles. The molecule has 0 bridgehead atoms. The summed E-state index contributed by atoms with van der Waals surface area (Å²) in [7, 11) is -2.54. The molecule has 0 unspecified atom stereocenters. The number of nitrogens with one attached hydrogen (secondary N) is 1. The predicted molar refractivity (Wildman–Crippen MR) is 138 cm³/mol. The first kappa shape index (κ1) is 23.8. The van der Waals surface area contributed by atoms with Crippen LogP contribution >= 0.6 is 0 Å². The summed E-state index contributed by atoms with van der Waals surface area (Å²) in [4.78, 5) is 22.2. The third-order valence-electron chi connectivity index (χ3n) is 6.59. The summed E-state index contributed by atoms with van der Waals surface area (Å²) in [5, 5.41) is 0.518. The van der Waals surface area contributed by atoms with Crippen LogP contribution in [-0.2, 0) is 10.0 Å².